The van der Waals surface area contributed by atoms with Gasteiger partial charge in [0.25, 0.3) is 0 Å². The summed E-state index contributed by atoms with van der Waals surface area (Å²) in [7, 11) is 0. The average molecular weight is 330 g/mol. The Hall–Kier alpha value is -1.88. The third kappa shape index (κ3) is 4.55. The molecule has 1 heterocycles. The molecule has 0 bridgehead atoms. The van der Waals surface area contributed by atoms with Crippen LogP contribution in [0.1, 0.15) is 36.6 Å². The van der Waals surface area contributed by atoms with Crippen LogP contribution in [0, 0.1) is 0 Å². The lowest BCUT2D eigenvalue weighted by molar-refractivity contribution is 0.235. The van der Waals surface area contributed by atoms with E-state index in [2.05, 4.69) is 22.8 Å². The van der Waals surface area contributed by atoms with Crippen LogP contribution in [0.25, 0.3) is 0 Å². The van der Waals surface area contributed by atoms with Crippen LogP contribution in [-0.4, -0.2) is 18.3 Å². The van der Waals surface area contributed by atoms with Crippen molar-refractivity contribution in [2.24, 2.45) is 0 Å². The second-order valence-electron chi connectivity index (χ2n) is 5.66. The molecule has 1 aliphatic carbocycles. The van der Waals surface area contributed by atoms with E-state index in [9.17, 15) is 4.79 Å². The summed E-state index contributed by atoms with van der Waals surface area (Å²) in [5, 5.41) is 6.00. The Morgan fingerprint density at radius 2 is 2.13 bits per heavy atom. The quantitative estimate of drug-likeness (QED) is 0.618. The lowest BCUT2D eigenvalue weighted by Crippen LogP contribution is -2.39. The van der Waals surface area contributed by atoms with Crippen LogP contribution in [-0.2, 0) is 6.42 Å². The highest BCUT2D eigenvalue weighted by atomic mass is 32.2. The molecule has 0 spiro atoms. The van der Waals surface area contributed by atoms with Gasteiger partial charge in [0.15, 0.2) is 0 Å². The highest BCUT2D eigenvalue weighted by molar-refractivity contribution is 7.99. The van der Waals surface area contributed by atoms with Crippen molar-refractivity contribution in [1.29, 1.82) is 0 Å². The van der Waals surface area contributed by atoms with Gasteiger partial charge in [-0.3, -0.25) is 0 Å². The first kappa shape index (κ1) is 16.0. The molecule has 1 unspecified atom stereocenters. The molecule has 1 aliphatic rings. The molecule has 0 fully saturated rings. The molecular weight excluding hydrogens is 308 g/mol. The summed E-state index contributed by atoms with van der Waals surface area (Å²) >= 11 is 1.82. The van der Waals surface area contributed by atoms with Crippen molar-refractivity contribution in [2.45, 2.75) is 36.6 Å². The largest absolute Gasteiger partial charge is 0.469 e. The van der Waals surface area contributed by atoms with Crippen LogP contribution in [0.3, 0.4) is 0 Å². The molecular formula is C18H22N2O2S. The Morgan fingerprint density at radius 1 is 1.26 bits per heavy atom. The molecule has 1 aromatic carbocycles. The number of carbonyl (C=O) groups excluding carboxylic acids is 1. The zero-order chi connectivity index (χ0) is 15.9. The number of nitrogens with one attached hydrogen (secondary N) is 2. The van der Waals surface area contributed by atoms with Gasteiger partial charge in [0.05, 0.1) is 12.3 Å². The topological polar surface area (TPSA) is 54.3 Å². The molecule has 0 saturated heterocycles. The summed E-state index contributed by atoms with van der Waals surface area (Å²) in [6.07, 6.45) is 5.67. The van der Waals surface area contributed by atoms with Gasteiger partial charge in [0, 0.05) is 23.4 Å². The SMILES string of the molecule is O=C(NCCCSc1ccccc1)NC1CCCc2occc21. The predicted octanol–water partition coefficient (Wildman–Crippen LogP) is 4.14. The minimum absolute atomic E-state index is 0.0798. The van der Waals surface area contributed by atoms with Crippen molar-refractivity contribution >= 4 is 17.8 Å². The van der Waals surface area contributed by atoms with Crippen LogP contribution in [0.4, 0.5) is 4.79 Å². The van der Waals surface area contributed by atoms with E-state index < -0.39 is 0 Å². The van der Waals surface area contributed by atoms with Crippen LogP contribution in [0.15, 0.2) is 52.0 Å². The number of hydrogen-bond acceptors (Lipinski definition) is 3. The summed E-state index contributed by atoms with van der Waals surface area (Å²) in [4.78, 5) is 13.3. The Balaban J connectivity index is 1.34. The number of thioether (sulfide) groups is 1. The average Bonchev–Trinajstić information content (AvgIpc) is 3.05. The summed E-state index contributed by atoms with van der Waals surface area (Å²) in [5.41, 5.74) is 1.13. The van der Waals surface area contributed by atoms with Gasteiger partial charge >= 0.3 is 6.03 Å². The predicted molar refractivity (Wildman–Crippen MR) is 92.7 cm³/mol. The number of hydrogen-bond donors (Lipinski definition) is 2. The molecule has 0 saturated carbocycles. The fourth-order valence-corrected chi connectivity index (χ4v) is 3.70. The number of fused-ring (bicyclic) bond motifs is 1. The molecule has 0 radical (unpaired) electrons. The Morgan fingerprint density at radius 3 is 3.00 bits per heavy atom. The van der Waals surface area contributed by atoms with Crippen molar-refractivity contribution in [3.8, 4) is 0 Å². The van der Waals surface area contributed by atoms with Crippen molar-refractivity contribution in [3.63, 3.8) is 0 Å². The van der Waals surface area contributed by atoms with E-state index in [4.69, 9.17) is 4.42 Å². The van der Waals surface area contributed by atoms with Gasteiger partial charge in [-0.05, 0) is 43.2 Å². The molecule has 5 heteroatoms. The summed E-state index contributed by atoms with van der Waals surface area (Å²) in [6, 6.07) is 12.3. The van der Waals surface area contributed by atoms with Crippen molar-refractivity contribution < 1.29 is 9.21 Å². The number of carbonyl (C=O) groups is 1. The maximum atomic E-state index is 12.0. The maximum absolute atomic E-state index is 12.0. The van der Waals surface area contributed by atoms with Gasteiger partial charge in [-0.25, -0.2) is 4.79 Å². The van der Waals surface area contributed by atoms with E-state index in [1.54, 1.807) is 6.26 Å². The molecule has 1 aromatic heterocycles. The number of benzene rings is 1. The van der Waals surface area contributed by atoms with Crippen molar-refractivity contribution in [1.82, 2.24) is 10.6 Å². The van der Waals surface area contributed by atoms with Crippen LogP contribution in [0.5, 0.6) is 0 Å². The molecule has 122 valence electrons. The van der Waals surface area contributed by atoms with Gasteiger partial charge in [-0.1, -0.05) is 18.2 Å². The Labute approximate surface area is 141 Å². The zero-order valence-electron chi connectivity index (χ0n) is 13.1. The summed E-state index contributed by atoms with van der Waals surface area (Å²) in [6.45, 7) is 0.691. The lowest BCUT2D eigenvalue weighted by Gasteiger charge is -2.22. The van der Waals surface area contributed by atoms with Crippen molar-refractivity contribution in [3.05, 3.63) is 54.0 Å². The number of aryl methyl sites for hydroxylation is 1. The van der Waals surface area contributed by atoms with Crippen molar-refractivity contribution in [2.75, 3.05) is 12.3 Å². The number of rotatable bonds is 6. The molecule has 23 heavy (non-hydrogen) atoms. The van der Waals surface area contributed by atoms with Gasteiger partial charge in [-0.15, -0.1) is 11.8 Å². The third-order valence-electron chi connectivity index (χ3n) is 3.98. The number of furan rings is 1. The van der Waals surface area contributed by atoms with E-state index in [0.717, 1.165) is 42.8 Å². The normalized spacial score (nSPS) is 16.6. The molecule has 4 nitrogen and oxygen atoms in total. The van der Waals surface area contributed by atoms with Gasteiger partial charge in [-0.2, -0.15) is 0 Å². The minimum atomic E-state index is -0.0891. The smallest absolute Gasteiger partial charge is 0.315 e. The first-order valence-electron chi connectivity index (χ1n) is 8.11. The zero-order valence-corrected chi connectivity index (χ0v) is 13.9. The monoisotopic (exact) mass is 330 g/mol. The third-order valence-corrected chi connectivity index (χ3v) is 5.07. The molecule has 2 aromatic rings. The highest BCUT2D eigenvalue weighted by Gasteiger charge is 2.23. The number of amides is 2. The fraction of sp³-hybridized carbons (Fsp3) is 0.389. The van der Waals surface area contributed by atoms with E-state index in [1.165, 1.54) is 4.90 Å². The molecule has 2 N–H and O–H groups in total. The van der Waals surface area contributed by atoms with Gasteiger partial charge in [0.2, 0.25) is 0 Å². The van der Waals surface area contributed by atoms with E-state index in [1.807, 2.05) is 36.0 Å². The van der Waals surface area contributed by atoms with E-state index in [0.29, 0.717) is 6.54 Å². The second kappa shape index (κ2) is 8.11. The van der Waals surface area contributed by atoms with Crippen LogP contribution in [0.2, 0.25) is 0 Å². The molecule has 0 aliphatic heterocycles. The summed E-state index contributed by atoms with van der Waals surface area (Å²) < 4.78 is 5.45. The standard InChI is InChI=1S/C18H22N2O2S/c21-18(19-11-5-13-23-14-6-2-1-3-7-14)20-16-8-4-9-17-15(16)10-12-22-17/h1-3,6-7,10,12,16H,4-5,8-9,11,13H2,(H2,19,20,21). The molecule has 3 rings (SSSR count). The maximum Gasteiger partial charge on any atom is 0.315 e. The highest BCUT2D eigenvalue weighted by Crippen LogP contribution is 2.30. The number of urea groups is 1. The van der Waals surface area contributed by atoms with Crippen LogP contribution >= 0.6 is 11.8 Å². The van der Waals surface area contributed by atoms with Gasteiger partial charge in [0.1, 0.15) is 5.76 Å². The second-order valence-corrected chi connectivity index (χ2v) is 6.83. The van der Waals surface area contributed by atoms with Crippen LogP contribution < -0.4 is 10.6 Å². The molecule has 1 atom stereocenters. The van der Waals surface area contributed by atoms with E-state index in [-0.39, 0.29) is 12.1 Å². The Bertz CT molecular complexity index is 627. The van der Waals surface area contributed by atoms with Gasteiger partial charge < -0.3 is 15.1 Å². The first-order valence-corrected chi connectivity index (χ1v) is 9.10. The minimum Gasteiger partial charge on any atom is -0.469 e. The van der Waals surface area contributed by atoms with E-state index >= 15 is 0 Å². The lowest BCUT2D eigenvalue weighted by atomic mass is 9.93. The first-order chi connectivity index (χ1) is 11.3. The molecule has 2 amide bonds. The fourth-order valence-electron chi connectivity index (χ4n) is 2.83. The Kier molecular flexibility index (Phi) is 5.64. The summed E-state index contributed by atoms with van der Waals surface area (Å²) in [5.74, 6) is 2.01.